The Balaban J connectivity index is 2.06. The summed E-state index contributed by atoms with van der Waals surface area (Å²) < 4.78 is 0. The van der Waals surface area contributed by atoms with Gasteiger partial charge in [0.25, 0.3) is 0 Å². The monoisotopic (exact) mass is 280 g/mol. The second kappa shape index (κ2) is 6.39. The molecule has 20 heavy (non-hydrogen) atoms. The molecular weight excluding hydrogens is 256 g/mol. The van der Waals surface area contributed by atoms with E-state index in [1.54, 1.807) is 0 Å². The van der Waals surface area contributed by atoms with Crippen LogP contribution in [0, 0.1) is 11.8 Å². The summed E-state index contributed by atoms with van der Waals surface area (Å²) in [5.74, 6) is -1.78. The van der Waals surface area contributed by atoms with Gasteiger partial charge in [-0.15, -0.1) is 0 Å². The van der Waals surface area contributed by atoms with Gasteiger partial charge in [-0.05, 0) is 26.3 Å². The average molecular weight is 280 g/mol. The lowest BCUT2D eigenvalue weighted by molar-refractivity contribution is -0.151. The molecule has 1 heterocycles. The van der Waals surface area contributed by atoms with Gasteiger partial charge in [-0.2, -0.15) is 0 Å². The van der Waals surface area contributed by atoms with E-state index >= 15 is 0 Å². The number of carboxylic acids is 1. The van der Waals surface area contributed by atoms with E-state index in [-0.39, 0.29) is 5.91 Å². The molecule has 0 aromatic carbocycles. The van der Waals surface area contributed by atoms with E-state index in [4.69, 9.17) is 0 Å². The number of amides is 1. The molecule has 0 spiro atoms. The zero-order valence-electron chi connectivity index (χ0n) is 12.3. The minimum Gasteiger partial charge on any atom is -0.481 e. The molecule has 2 rings (SSSR count). The van der Waals surface area contributed by atoms with Crippen molar-refractivity contribution in [2.75, 3.05) is 26.7 Å². The van der Waals surface area contributed by atoms with Gasteiger partial charge in [0.05, 0.1) is 11.8 Å². The zero-order chi connectivity index (χ0) is 14.7. The van der Waals surface area contributed by atoms with Gasteiger partial charge >= 0.3 is 5.97 Å². The number of piperazine rings is 1. The number of carboxylic acid groups (broad SMARTS) is 1. The standard InChI is InChI=1S/C15H24N2O3/c1-3-11-10-17(9-8-16(11)2)14(18)12-6-4-5-7-13(12)15(19)20/h4-5,11-13H,3,6-10H2,1-2H3,(H,19,20)/t11?,12-,13+/m1/s1. The Labute approximate surface area is 120 Å². The van der Waals surface area contributed by atoms with Gasteiger partial charge in [-0.3, -0.25) is 14.5 Å². The van der Waals surface area contributed by atoms with Crippen LogP contribution in [0.3, 0.4) is 0 Å². The second-order valence-corrected chi connectivity index (χ2v) is 5.82. The molecule has 112 valence electrons. The van der Waals surface area contributed by atoms with Gasteiger partial charge in [0.2, 0.25) is 5.91 Å². The largest absolute Gasteiger partial charge is 0.481 e. The van der Waals surface area contributed by atoms with E-state index in [1.165, 1.54) is 0 Å². The fraction of sp³-hybridized carbons (Fsp3) is 0.733. The van der Waals surface area contributed by atoms with Gasteiger partial charge in [-0.1, -0.05) is 19.1 Å². The van der Waals surface area contributed by atoms with Crippen LogP contribution in [-0.4, -0.2) is 59.5 Å². The van der Waals surface area contributed by atoms with Gasteiger partial charge in [0.1, 0.15) is 0 Å². The van der Waals surface area contributed by atoms with Crippen molar-refractivity contribution in [1.82, 2.24) is 9.80 Å². The average Bonchev–Trinajstić information content (AvgIpc) is 2.47. The molecule has 3 atom stereocenters. The maximum absolute atomic E-state index is 12.6. The number of nitrogens with zero attached hydrogens (tertiary/aromatic N) is 2. The predicted molar refractivity (Wildman–Crippen MR) is 76.3 cm³/mol. The third-order valence-electron chi connectivity index (χ3n) is 4.63. The van der Waals surface area contributed by atoms with Crippen LogP contribution in [0.2, 0.25) is 0 Å². The predicted octanol–water partition coefficient (Wildman–Crippen LogP) is 1.21. The van der Waals surface area contributed by atoms with Crippen LogP contribution in [0.5, 0.6) is 0 Å². The first kappa shape index (κ1) is 15.0. The van der Waals surface area contributed by atoms with Crippen LogP contribution in [0.15, 0.2) is 12.2 Å². The maximum atomic E-state index is 12.6. The number of likely N-dealkylation sites (N-methyl/N-ethyl adjacent to an activating group) is 1. The van der Waals surface area contributed by atoms with Crippen molar-refractivity contribution in [3.8, 4) is 0 Å². The van der Waals surface area contributed by atoms with E-state index < -0.39 is 17.8 Å². The van der Waals surface area contributed by atoms with Crippen molar-refractivity contribution in [1.29, 1.82) is 0 Å². The van der Waals surface area contributed by atoms with Crippen LogP contribution in [0.4, 0.5) is 0 Å². The highest BCUT2D eigenvalue weighted by molar-refractivity contribution is 5.85. The molecule has 1 saturated heterocycles. The molecule has 1 aliphatic carbocycles. The Hall–Kier alpha value is -1.36. The summed E-state index contributed by atoms with van der Waals surface area (Å²) in [6, 6.07) is 0.384. The van der Waals surface area contributed by atoms with E-state index in [0.29, 0.717) is 25.4 Å². The first-order valence-electron chi connectivity index (χ1n) is 7.41. The maximum Gasteiger partial charge on any atom is 0.307 e. The summed E-state index contributed by atoms with van der Waals surface area (Å²) in [5.41, 5.74) is 0. The number of carbonyl (C=O) groups excluding carboxylic acids is 1. The lowest BCUT2D eigenvalue weighted by Crippen LogP contribution is -2.55. The molecule has 0 saturated carbocycles. The fourth-order valence-electron chi connectivity index (χ4n) is 3.18. The third-order valence-corrected chi connectivity index (χ3v) is 4.63. The molecule has 1 amide bonds. The van der Waals surface area contributed by atoms with Crippen molar-refractivity contribution in [3.05, 3.63) is 12.2 Å². The van der Waals surface area contributed by atoms with Crippen LogP contribution in [-0.2, 0) is 9.59 Å². The van der Waals surface area contributed by atoms with E-state index in [1.807, 2.05) is 17.1 Å². The molecule has 0 aromatic rings. The number of rotatable bonds is 3. The number of hydrogen-bond donors (Lipinski definition) is 1. The normalized spacial score (nSPS) is 31.3. The van der Waals surface area contributed by atoms with Crippen molar-refractivity contribution >= 4 is 11.9 Å². The molecule has 1 unspecified atom stereocenters. The molecule has 5 heteroatoms. The topological polar surface area (TPSA) is 60.9 Å². The Bertz CT molecular complexity index is 408. The first-order valence-corrected chi connectivity index (χ1v) is 7.41. The zero-order valence-corrected chi connectivity index (χ0v) is 12.3. The van der Waals surface area contributed by atoms with Gasteiger partial charge < -0.3 is 10.0 Å². The van der Waals surface area contributed by atoms with Crippen LogP contribution < -0.4 is 0 Å². The SMILES string of the molecule is CCC1CN(C(=O)[C@@H]2CC=CC[C@@H]2C(=O)O)CCN1C. The van der Waals surface area contributed by atoms with Crippen molar-refractivity contribution < 1.29 is 14.7 Å². The lowest BCUT2D eigenvalue weighted by Gasteiger charge is -2.41. The summed E-state index contributed by atoms with van der Waals surface area (Å²) in [6.07, 6.45) is 5.85. The molecule has 1 aliphatic heterocycles. The molecule has 1 fully saturated rings. The minimum atomic E-state index is -0.853. The summed E-state index contributed by atoms with van der Waals surface area (Å²) in [7, 11) is 2.08. The smallest absolute Gasteiger partial charge is 0.307 e. The number of aliphatic carboxylic acids is 1. The highest BCUT2D eigenvalue weighted by atomic mass is 16.4. The second-order valence-electron chi connectivity index (χ2n) is 5.82. The number of hydrogen-bond acceptors (Lipinski definition) is 3. The highest BCUT2D eigenvalue weighted by Crippen LogP contribution is 2.28. The van der Waals surface area contributed by atoms with Crippen LogP contribution >= 0.6 is 0 Å². The van der Waals surface area contributed by atoms with E-state index in [9.17, 15) is 14.7 Å². The van der Waals surface area contributed by atoms with Gasteiger partial charge in [0, 0.05) is 25.7 Å². The summed E-state index contributed by atoms with van der Waals surface area (Å²) in [5, 5.41) is 9.28. The Morgan fingerprint density at radius 2 is 1.85 bits per heavy atom. The molecule has 0 bridgehead atoms. The molecule has 2 aliphatic rings. The van der Waals surface area contributed by atoms with Crippen LogP contribution in [0.25, 0.3) is 0 Å². The highest BCUT2D eigenvalue weighted by Gasteiger charge is 2.38. The molecule has 1 N–H and O–H groups in total. The number of carbonyl (C=O) groups is 2. The quantitative estimate of drug-likeness (QED) is 0.789. The third kappa shape index (κ3) is 3.03. The van der Waals surface area contributed by atoms with Gasteiger partial charge in [0.15, 0.2) is 0 Å². The van der Waals surface area contributed by atoms with Crippen LogP contribution in [0.1, 0.15) is 26.2 Å². The summed E-state index contributed by atoms with van der Waals surface area (Å²) >= 11 is 0. The number of allylic oxidation sites excluding steroid dienone is 2. The lowest BCUT2D eigenvalue weighted by atomic mass is 9.82. The van der Waals surface area contributed by atoms with Gasteiger partial charge in [-0.25, -0.2) is 0 Å². The van der Waals surface area contributed by atoms with E-state index in [0.717, 1.165) is 19.5 Å². The van der Waals surface area contributed by atoms with E-state index in [2.05, 4.69) is 18.9 Å². The molecule has 0 aromatic heterocycles. The Morgan fingerprint density at radius 3 is 2.45 bits per heavy atom. The molecular formula is C15H24N2O3. The molecule has 5 nitrogen and oxygen atoms in total. The van der Waals surface area contributed by atoms with Crippen molar-refractivity contribution in [2.24, 2.45) is 11.8 Å². The van der Waals surface area contributed by atoms with Crippen molar-refractivity contribution in [2.45, 2.75) is 32.2 Å². The fourth-order valence-corrected chi connectivity index (χ4v) is 3.18. The first-order chi connectivity index (χ1) is 9.54. The molecule has 0 radical (unpaired) electrons. The minimum absolute atomic E-state index is 0.0216. The Morgan fingerprint density at radius 1 is 1.20 bits per heavy atom. The Kier molecular flexibility index (Phi) is 4.81. The van der Waals surface area contributed by atoms with Crippen molar-refractivity contribution in [3.63, 3.8) is 0 Å². The summed E-state index contributed by atoms with van der Waals surface area (Å²) in [6.45, 7) is 4.42. The summed E-state index contributed by atoms with van der Waals surface area (Å²) in [4.78, 5) is 28.1.